The van der Waals surface area contributed by atoms with E-state index >= 15 is 0 Å². The van der Waals surface area contributed by atoms with E-state index in [0.717, 1.165) is 11.3 Å². The highest BCUT2D eigenvalue weighted by atomic mass is 35.5. The number of nitrogens with two attached hydrogens (primary N) is 1. The van der Waals surface area contributed by atoms with Gasteiger partial charge in [0.1, 0.15) is 16.5 Å². The van der Waals surface area contributed by atoms with E-state index in [1.165, 1.54) is 11.8 Å². The zero-order valence-corrected chi connectivity index (χ0v) is 15.3. The van der Waals surface area contributed by atoms with Crippen LogP contribution in [0.1, 0.15) is 11.3 Å². The van der Waals surface area contributed by atoms with Crippen molar-refractivity contribution >= 4 is 35.3 Å². The minimum Gasteiger partial charge on any atom is -0.497 e. The monoisotopic (exact) mass is 366 g/mol. The highest BCUT2D eigenvalue weighted by Gasteiger charge is 2.10. The Balaban J connectivity index is 2.40. The number of halogens is 1. The first-order chi connectivity index (χ1) is 11.6. The fraction of sp³-hybridized carbons (Fsp3) is 0.312. The van der Waals surface area contributed by atoms with Gasteiger partial charge in [0.2, 0.25) is 0 Å². The lowest BCUT2D eigenvalue weighted by atomic mass is 10.2. The van der Waals surface area contributed by atoms with Gasteiger partial charge in [-0.05, 0) is 12.8 Å². The van der Waals surface area contributed by atoms with Gasteiger partial charge in [0.25, 0.3) is 0 Å². The van der Waals surface area contributed by atoms with E-state index in [9.17, 15) is 0 Å². The lowest BCUT2D eigenvalue weighted by Crippen LogP contribution is -2.08. The lowest BCUT2D eigenvalue weighted by molar-refractivity contribution is 0.395. The Morgan fingerprint density at radius 2 is 2.12 bits per heavy atom. The molecule has 1 aromatic carbocycles. The van der Waals surface area contributed by atoms with Gasteiger partial charge in [0.05, 0.1) is 25.6 Å². The molecule has 2 rings (SSSR count). The third kappa shape index (κ3) is 4.37. The number of hydrogen-bond acceptors (Lipinski definition) is 7. The van der Waals surface area contributed by atoms with Crippen LogP contribution in [0.2, 0.25) is 5.02 Å². The first kappa shape index (κ1) is 18.5. The van der Waals surface area contributed by atoms with Crippen LogP contribution in [0.3, 0.4) is 0 Å². The molecule has 2 aromatic rings. The van der Waals surface area contributed by atoms with Gasteiger partial charge in [-0.15, -0.1) is 0 Å². The van der Waals surface area contributed by atoms with Crippen LogP contribution in [0.5, 0.6) is 11.5 Å². The summed E-state index contributed by atoms with van der Waals surface area (Å²) in [6, 6.07) is 3.44. The highest BCUT2D eigenvalue weighted by molar-refractivity contribution is 7.98. The van der Waals surface area contributed by atoms with E-state index in [1.54, 1.807) is 38.8 Å². The van der Waals surface area contributed by atoms with Gasteiger partial charge in [0.15, 0.2) is 5.16 Å². The summed E-state index contributed by atoms with van der Waals surface area (Å²) in [5.74, 6) is 1.11. The number of thioether (sulfide) groups is 1. The molecular formula is C16H19ClN4O2S. The number of benzene rings is 1. The summed E-state index contributed by atoms with van der Waals surface area (Å²) in [5.41, 5.74) is 7.86. The van der Waals surface area contributed by atoms with Crippen molar-refractivity contribution in [2.24, 2.45) is 10.7 Å². The Labute approximate surface area is 150 Å². The Hall–Kier alpha value is -1.83. The van der Waals surface area contributed by atoms with Gasteiger partial charge in [0, 0.05) is 36.5 Å². The molecule has 24 heavy (non-hydrogen) atoms. The molecule has 0 radical (unpaired) electrons. The van der Waals surface area contributed by atoms with Crippen LogP contribution in [0.15, 0.2) is 28.5 Å². The van der Waals surface area contributed by atoms with Crippen LogP contribution in [0.25, 0.3) is 0 Å². The van der Waals surface area contributed by atoms with Crippen LogP contribution in [0.4, 0.5) is 5.69 Å². The van der Waals surface area contributed by atoms with Crippen molar-refractivity contribution in [1.29, 1.82) is 0 Å². The van der Waals surface area contributed by atoms with Crippen LogP contribution >= 0.6 is 23.4 Å². The van der Waals surface area contributed by atoms with E-state index in [-0.39, 0.29) is 0 Å². The smallest absolute Gasteiger partial charge is 0.187 e. The lowest BCUT2D eigenvalue weighted by Gasteiger charge is -2.09. The molecule has 0 saturated carbocycles. The average molecular weight is 367 g/mol. The van der Waals surface area contributed by atoms with Gasteiger partial charge in [-0.1, -0.05) is 23.4 Å². The average Bonchev–Trinajstić information content (AvgIpc) is 2.61. The zero-order valence-electron chi connectivity index (χ0n) is 13.7. The van der Waals surface area contributed by atoms with Gasteiger partial charge < -0.3 is 15.2 Å². The topological polar surface area (TPSA) is 82.6 Å². The third-order valence-corrected chi connectivity index (χ3v) is 4.18. The molecule has 0 spiro atoms. The molecule has 0 saturated heterocycles. The SMILES string of the molecule is COc1cc(N=Cc2cnc(SC)nc2CCN)c(Cl)c(OC)c1. The molecule has 0 fully saturated rings. The minimum absolute atomic E-state index is 0.413. The fourth-order valence-corrected chi connectivity index (χ4v) is 2.60. The number of ether oxygens (including phenoxy) is 2. The summed E-state index contributed by atoms with van der Waals surface area (Å²) in [6.45, 7) is 0.499. The van der Waals surface area contributed by atoms with E-state index in [2.05, 4.69) is 15.0 Å². The second-order valence-corrected chi connectivity index (χ2v) is 5.87. The maximum Gasteiger partial charge on any atom is 0.187 e. The number of aliphatic imine (C=N–C) groups is 1. The summed E-state index contributed by atoms with van der Waals surface area (Å²) in [4.78, 5) is 13.2. The van der Waals surface area contributed by atoms with Crippen molar-refractivity contribution in [3.63, 3.8) is 0 Å². The molecule has 0 unspecified atom stereocenters. The van der Waals surface area contributed by atoms with E-state index < -0.39 is 0 Å². The molecule has 0 bridgehead atoms. The van der Waals surface area contributed by atoms with Crippen LogP contribution < -0.4 is 15.2 Å². The summed E-state index contributed by atoms with van der Waals surface area (Å²) >= 11 is 7.79. The molecule has 1 heterocycles. The second kappa shape index (κ2) is 8.86. The quantitative estimate of drug-likeness (QED) is 0.460. The molecule has 0 aliphatic carbocycles. The van der Waals surface area contributed by atoms with Crippen LogP contribution in [-0.2, 0) is 6.42 Å². The third-order valence-electron chi connectivity index (χ3n) is 3.23. The molecule has 0 aliphatic heterocycles. The van der Waals surface area contributed by atoms with E-state index in [0.29, 0.717) is 40.3 Å². The normalized spacial score (nSPS) is 11.0. The molecule has 2 N–H and O–H groups in total. The van der Waals surface area contributed by atoms with Crippen molar-refractivity contribution in [2.75, 3.05) is 27.0 Å². The van der Waals surface area contributed by atoms with Crippen LogP contribution in [0, 0.1) is 0 Å². The Bertz CT molecular complexity index is 740. The number of aromatic nitrogens is 2. The number of hydrogen-bond donors (Lipinski definition) is 1. The summed E-state index contributed by atoms with van der Waals surface area (Å²) < 4.78 is 10.5. The van der Waals surface area contributed by atoms with Crippen molar-refractivity contribution in [3.8, 4) is 11.5 Å². The number of methoxy groups -OCH3 is 2. The molecular weight excluding hydrogens is 348 g/mol. The van der Waals surface area contributed by atoms with E-state index in [1.807, 2.05) is 6.26 Å². The number of rotatable bonds is 7. The minimum atomic E-state index is 0.413. The van der Waals surface area contributed by atoms with Gasteiger partial charge in [-0.25, -0.2) is 9.97 Å². The summed E-state index contributed by atoms with van der Waals surface area (Å²) in [6.07, 6.45) is 5.98. The van der Waals surface area contributed by atoms with Gasteiger partial charge in [-0.2, -0.15) is 0 Å². The summed E-state index contributed by atoms with van der Waals surface area (Å²) in [7, 11) is 3.12. The van der Waals surface area contributed by atoms with Gasteiger partial charge >= 0.3 is 0 Å². The molecule has 6 nitrogen and oxygen atoms in total. The molecule has 0 atom stereocenters. The zero-order chi connectivity index (χ0) is 17.5. The van der Waals surface area contributed by atoms with Crippen molar-refractivity contribution in [2.45, 2.75) is 11.6 Å². The molecule has 8 heteroatoms. The van der Waals surface area contributed by atoms with E-state index in [4.69, 9.17) is 26.8 Å². The first-order valence-corrected chi connectivity index (χ1v) is 8.78. The fourth-order valence-electron chi connectivity index (χ4n) is 2.01. The Morgan fingerprint density at radius 3 is 2.75 bits per heavy atom. The predicted molar refractivity (Wildman–Crippen MR) is 98.4 cm³/mol. The molecule has 128 valence electrons. The van der Waals surface area contributed by atoms with Gasteiger partial charge in [-0.3, -0.25) is 4.99 Å². The predicted octanol–water partition coefficient (Wildman–Crippen LogP) is 3.12. The largest absolute Gasteiger partial charge is 0.497 e. The maximum absolute atomic E-state index is 6.30. The summed E-state index contributed by atoms with van der Waals surface area (Å²) in [5, 5.41) is 1.12. The highest BCUT2D eigenvalue weighted by Crippen LogP contribution is 2.38. The van der Waals surface area contributed by atoms with Crippen LogP contribution in [-0.4, -0.2) is 43.2 Å². The maximum atomic E-state index is 6.30. The Morgan fingerprint density at radius 1 is 1.33 bits per heavy atom. The molecule has 0 aliphatic rings. The van der Waals surface area contributed by atoms with Crippen molar-refractivity contribution in [3.05, 3.63) is 34.6 Å². The van der Waals surface area contributed by atoms with Crippen molar-refractivity contribution < 1.29 is 9.47 Å². The molecule has 1 aromatic heterocycles. The van der Waals surface area contributed by atoms with Crippen molar-refractivity contribution in [1.82, 2.24) is 9.97 Å². The number of nitrogens with zero attached hydrogens (tertiary/aromatic N) is 3. The standard InChI is InChI=1S/C16H19ClN4O2S/c1-22-11-6-13(15(17)14(7-11)23-2)19-8-10-9-20-16(24-3)21-12(10)4-5-18/h6-9H,4-5,18H2,1-3H3. The first-order valence-electron chi connectivity index (χ1n) is 7.18. The Kier molecular flexibility index (Phi) is 6.84. The molecule has 0 amide bonds. The second-order valence-electron chi connectivity index (χ2n) is 4.72.